The fourth-order valence-corrected chi connectivity index (χ4v) is 2.26. The molecule has 1 aromatic rings. The van der Waals surface area contributed by atoms with E-state index in [0.717, 1.165) is 24.5 Å². The van der Waals surface area contributed by atoms with E-state index in [1.54, 1.807) is 0 Å². The quantitative estimate of drug-likeness (QED) is 0.891. The molecule has 0 unspecified atom stereocenters. The zero-order chi connectivity index (χ0) is 15.5. The van der Waals surface area contributed by atoms with Crippen LogP contribution in [0.1, 0.15) is 20.8 Å². The minimum Gasteiger partial charge on any atom is -0.378 e. The normalized spacial score (nSPS) is 17.4. The molecule has 1 saturated heterocycles. The van der Waals surface area contributed by atoms with E-state index >= 15 is 0 Å². The fraction of sp³-hybridized carbons (Fsp3) is 0.562. The van der Waals surface area contributed by atoms with Gasteiger partial charge in [0.2, 0.25) is 5.91 Å². The van der Waals surface area contributed by atoms with Crippen LogP contribution in [0.2, 0.25) is 0 Å². The van der Waals surface area contributed by atoms with Gasteiger partial charge in [0.1, 0.15) is 0 Å². The molecular weight excluding hydrogens is 266 g/mol. The van der Waals surface area contributed by atoms with Crippen LogP contribution in [0.5, 0.6) is 0 Å². The number of benzene rings is 1. The van der Waals surface area contributed by atoms with Gasteiger partial charge in [0.15, 0.2) is 0 Å². The van der Waals surface area contributed by atoms with Crippen molar-refractivity contribution in [3.63, 3.8) is 0 Å². The summed E-state index contributed by atoms with van der Waals surface area (Å²) in [7, 11) is 0. The number of anilines is 2. The van der Waals surface area contributed by atoms with Crippen molar-refractivity contribution in [2.24, 2.45) is 11.1 Å². The van der Waals surface area contributed by atoms with E-state index in [2.05, 4.69) is 10.2 Å². The van der Waals surface area contributed by atoms with Gasteiger partial charge < -0.3 is 20.7 Å². The summed E-state index contributed by atoms with van der Waals surface area (Å²) >= 11 is 0. The molecule has 1 aromatic carbocycles. The molecule has 2 rings (SSSR count). The highest BCUT2D eigenvalue weighted by molar-refractivity contribution is 5.98. The van der Waals surface area contributed by atoms with Crippen molar-refractivity contribution in [3.8, 4) is 0 Å². The molecule has 21 heavy (non-hydrogen) atoms. The Kier molecular flexibility index (Phi) is 4.85. The van der Waals surface area contributed by atoms with E-state index in [1.807, 2.05) is 45.0 Å². The van der Waals surface area contributed by atoms with Crippen molar-refractivity contribution in [1.29, 1.82) is 0 Å². The molecule has 0 saturated carbocycles. The number of rotatable bonds is 3. The van der Waals surface area contributed by atoms with Gasteiger partial charge in [-0.1, -0.05) is 32.9 Å². The molecule has 5 nitrogen and oxygen atoms in total. The highest BCUT2D eigenvalue weighted by Crippen LogP contribution is 2.27. The summed E-state index contributed by atoms with van der Waals surface area (Å²) in [5.41, 5.74) is 7.59. The van der Waals surface area contributed by atoms with E-state index in [4.69, 9.17) is 10.5 Å². The van der Waals surface area contributed by atoms with Gasteiger partial charge in [-0.05, 0) is 17.5 Å². The predicted molar refractivity (Wildman–Crippen MR) is 85.5 cm³/mol. The summed E-state index contributed by atoms with van der Waals surface area (Å²) in [5, 5.41) is 2.97. The Hall–Kier alpha value is -1.59. The number of nitrogens with one attached hydrogen (secondary N) is 1. The number of carbonyl (C=O) groups is 1. The van der Waals surface area contributed by atoms with Crippen molar-refractivity contribution in [2.45, 2.75) is 26.8 Å². The number of amides is 1. The van der Waals surface area contributed by atoms with Gasteiger partial charge in [-0.2, -0.15) is 0 Å². The number of carbonyl (C=O) groups excluding carboxylic acids is 1. The zero-order valence-electron chi connectivity index (χ0n) is 13.1. The first-order chi connectivity index (χ1) is 9.89. The third-order valence-electron chi connectivity index (χ3n) is 3.73. The Morgan fingerprint density at radius 1 is 1.29 bits per heavy atom. The minimum atomic E-state index is -0.546. The smallest absolute Gasteiger partial charge is 0.241 e. The minimum absolute atomic E-state index is 0.150. The molecule has 1 fully saturated rings. The number of nitrogens with two attached hydrogens (primary N) is 1. The number of para-hydroxylation sites is 2. The van der Waals surface area contributed by atoms with Crippen LogP contribution in [0.3, 0.4) is 0 Å². The average molecular weight is 291 g/mol. The van der Waals surface area contributed by atoms with Crippen molar-refractivity contribution >= 4 is 17.3 Å². The SMILES string of the molecule is CC(C)(C)[C@H](N)C(=O)Nc1ccccc1N1CCOCC1. The van der Waals surface area contributed by atoms with E-state index in [-0.39, 0.29) is 11.3 Å². The van der Waals surface area contributed by atoms with Crippen molar-refractivity contribution in [1.82, 2.24) is 0 Å². The maximum atomic E-state index is 12.3. The number of hydrogen-bond acceptors (Lipinski definition) is 4. The number of ether oxygens (including phenoxy) is 1. The van der Waals surface area contributed by atoms with Gasteiger partial charge in [0, 0.05) is 13.1 Å². The van der Waals surface area contributed by atoms with Crippen LogP contribution in [-0.4, -0.2) is 38.3 Å². The van der Waals surface area contributed by atoms with E-state index in [9.17, 15) is 4.79 Å². The second-order valence-corrected chi connectivity index (χ2v) is 6.45. The lowest BCUT2D eigenvalue weighted by Crippen LogP contribution is -2.45. The maximum Gasteiger partial charge on any atom is 0.241 e. The van der Waals surface area contributed by atoms with Gasteiger partial charge >= 0.3 is 0 Å². The fourth-order valence-electron chi connectivity index (χ4n) is 2.26. The third kappa shape index (κ3) is 3.95. The topological polar surface area (TPSA) is 67.6 Å². The second kappa shape index (κ2) is 6.45. The van der Waals surface area contributed by atoms with Crippen LogP contribution in [0.25, 0.3) is 0 Å². The predicted octanol–water partition coefficient (Wildman–Crippen LogP) is 1.84. The number of nitrogens with zero attached hydrogens (tertiary/aromatic N) is 1. The molecule has 5 heteroatoms. The summed E-state index contributed by atoms with van der Waals surface area (Å²) < 4.78 is 5.38. The van der Waals surface area contributed by atoms with E-state index < -0.39 is 6.04 Å². The highest BCUT2D eigenvalue weighted by Gasteiger charge is 2.28. The monoisotopic (exact) mass is 291 g/mol. The summed E-state index contributed by atoms with van der Waals surface area (Å²) in [6.45, 7) is 8.98. The summed E-state index contributed by atoms with van der Waals surface area (Å²) in [6.07, 6.45) is 0. The van der Waals surface area contributed by atoms with E-state index in [1.165, 1.54) is 0 Å². The summed E-state index contributed by atoms with van der Waals surface area (Å²) in [6, 6.07) is 7.28. The second-order valence-electron chi connectivity index (χ2n) is 6.45. The van der Waals surface area contributed by atoms with Crippen LogP contribution < -0.4 is 16.0 Å². The largest absolute Gasteiger partial charge is 0.378 e. The zero-order valence-corrected chi connectivity index (χ0v) is 13.1. The molecule has 0 radical (unpaired) electrons. The molecule has 1 atom stereocenters. The lowest BCUT2D eigenvalue weighted by Gasteiger charge is -2.31. The number of morpholine rings is 1. The van der Waals surface area contributed by atoms with Crippen LogP contribution in [-0.2, 0) is 9.53 Å². The van der Waals surface area contributed by atoms with Crippen LogP contribution in [0.4, 0.5) is 11.4 Å². The first-order valence-corrected chi connectivity index (χ1v) is 7.38. The average Bonchev–Trinajstić information content (AvgIpc) is 2.47. The van der Waals surface area contributed by atoms with Gasteiger partial charge in [0.25, 0.3) is 0 Å². The molecule has 116 valence electrons. The van der Waals surface area contributed by atoms with Crippen LogP contribution in [0.15, 0.2) is 24.3 Å². The summed E-state index contributed by atoms with van der Waals surface area (Å²) in [5.74, 6) is -0.150. The van der Waals surface area contributed by atoms with E-state index in [0.29, 0.717) is 13.2 Å². The van der Waals surface area contributed by atoms with Gasteiger partial charge in [-0.25, -0.2) is 0 Å². The molecule has 1 aliphatic rings. The highest BCUT2D eigenvalue weighted by atomic mass is 16.5. The molecular formula is C16H25N3O2. The molecule has 0 spiro atoms. The van der Waals surface area contributed by atoms with Gasteiger partial charge in [-0.15, -0.1) is 0 Å². The Morgan fingerprint density at radius 3 is 2.52 bits per heavy atom. The Bertz CT molecular complexity index is 491. The first kappa shape index (κ1) is 15.8. The molecule has 0 aromatic heterocycles. The summed E-state index contributed by atoms with van der Waals surface area (Å²) in [4.78, 5) is 14.5. The molecule has 1 aliphatic heterocycles. The van der Waals surface area contributed by atoms with Gasteiger partial charge in [-0.3, -0.25) is 4.79 Å². The van der Waals surface area contributed by atoms with Gasteiger partial charge in [0.05, 0.1) is 30.6 Å². The maximum absolute atomic E-state index is 12.3. The Morgan fingerprint density at radius 2 is 1.90 bits per heavy atom. The van der Waals surface area contributed by atoms with Crippen molar-refractivity contribution in [3.05, 3.63) is 24.3 Å². The number of hydrogen-bond donors (Lipinski definition) is 2. The van der Waals surface area contributed by atoms with Crippen LogP contribution in [0, 0.1) is 5.41 Å². The Labute approximate surface area is 126 Å². The van der Waals surface area contributed by atoms with Crippen molar-refractivity contribution in [2.75, 3.05) is 36.5 Å². The molecule has 0 aliphatic carbocycles. The molecule has 1 amide bonds. The van der Waals surface area contributed by atoms with Crippen LogP contribution >= 0.6 is 0 Å². The molecule has 1 heterocycles. The molecule has 3 N–H and O–H groups in total. The third-order valence-corrected chi connectivity index (χ3v) is 3.73. The lowest BCUT2D eigenvalue weighted by atomic mass is 9.87. The molecule has 0 bridgehead atoms. The lowest BCUT2D eigenvalue weighted by molar-refractivity contribution is -0.119. The standard InChI is InChI=1S/C16H25N3O2/c1-16(2,3)14(17)15(20)18-12-6-4-5-7-13(12)19-8-10-21-11-9-19/h4-7,14H,8-11,17H2,1-3H3,(H,18,20)/t14-/m1/s1. The van der Waals surface area contributed by atoms with Crippen molar-refractivity contribution < 1.29 is 9.53 Å². The Balaban J connectivity index is 2.15. The first-order valence-electron chi connectivity index (χ1n) is 7.38.